The molecule has 3 rings (SSSR count). The van der Waals surface area contributed by atoms with E-state index in [-0.39, 0.29) is 6.61 Å². The van der Waals surface area contributed by atoms with Gasteiger partial charge in [-0.15, -0.1) is 0 Å². The summed E-state index contributed by atoms with van der Waals surface area (Å²) in [4.78, 5) is 0. The molecule has 0 aromatic heterocycles. The lowest BCUT2D eigenvalue weighted by atomic mass is 10.2. The van der Waals surface area contributed by atoms with Crippen molar-refractivity contribution < 1.29 is 14.2 Å². The number of halogens is 3. The van der Waals surface area contributed by atoms with E-state index in [1.807, 2.05) is 43.3 Å². The molecule has 158 valence electrons. The lowest BCUT2D eigenvalue weighted by Gasteiger charge is -2.16. The van der Waals surface area contributed by atoms with E-state index < -0.39 is 0 Å². The second kappa shape index (κ2) is 10.7. The van der Waals surface area contributed by atoms with Crippen molar-refractivity contribution in [2.75, 3.05) is 19.0 Å². The first-order chi connectivity index (χ1) is 14.5. The lowest BCUT2D eigenvalue weighted by molar-refractivity contribution is 0.269. The Balaban J connectivity index is 1.73. The van der Waals surface area contributed by atoms with Crippen LogP contribution in [0.2, 0.25) is 15.1 Å². The topological polar surface area (TPSA) is 39.7 Å². The summed E-state index contributed by atoms with van der Waals surface area (Å²) in [6.07, 6.45) is 0. The summed E-state index contributed by atoms with van der Waals surface area (Å²) in [5, 5.41) is 5.05. The zero-order chi connectivity index (χ0) is 21.5. The van der Waals surface area contributed by atoms with Crippen LogP contribution in [0.15, 0.2) is 54.6 Å². The van der Waals surface area contributed by atoms with Crippen molar-refractivity contribution in [1.29, 1.82) is 0 Å². The van der Waals surface area contributed by atoms with Gasteiger partial charge in [0.15, 0.2) is 11.5 Å². The fraction of sp³-hybridized carbons (Fsp3) is 0.217. The van der Waals surface area contributed by atoms with Crippen LogP contribution in [-0.2, 0) is 13.2 Å². The number of anilines is 1. The number of hydrogen-bond acceptors (Lipinski definition) is 4. The van der Waals surface area contributed by atoms with Gasteiger partial charge >= 0.3 is 0 Å². The minimum Gasteiger partial charge on any atom is -0.497 e. The molecule has 0 amide bonds. The molecule has 30 heavy (non-hydrogen) atoms. The Hall–Kier alpha value is -2.27. The SMILES string of the molecule is CCOc1cc(CNc2ccc(OC)cc2)c(Cl)cc1OCc1ccc(Cl)cc1Cl. The Labute approximate surface area is 191 Å². The first kappa shape index (κ1) is 22.4. The van der Waals surface area contributed by atoms with Gasteiger partial charge in [-0.1, -0.05) is 40.9 Å². The Morgan fingerprint density at radius 3 is 2.17 bits per heavy atom. The fourth-order valence-electron chi connectivity index (χ4n) is 2.79. The van der Waals surface area contributed by atoms with Crippen LogP contribution in [0.1, 0.15) is 18.1 Å². The number of rotatable bonds is 9. The molecule has 0 aliphatic heterocycles. The summed E-state index contributed by atoms with van der Waals surface area (Å²) >= 11 is 18.7. The van der Waals surface area contributed by atoms with E-state index in [0.29, 0.717) is 39.7 Å². The van der Waals surface area contributed by atoms with Gasteiger partial charge in [0, 0.05) is 38.9 Å². The van der Waals surface area contributed by atoms with Crippen LogP contribution in [0.3, 0.4) is 0 Å². The summed E-state index contributed by atoms with van der Waals surface area (Å²) < 4.78 is 16.9. The lowest BCUT2D eigenvalue weighted by Crippen LogP contribution is -2.04. The maximum absolute atomic E-state index is 6.51. The first-order valence-electron chi connectivity index (χ1n) is 9.40. The number of methoxy groups -OCH3 is 1. The van der Waals surface area contributed by atoms with Gasteiger partial charge in [-0.25, -0.2) is 0 Å². The third-order valence-corrected chi connectivity index (χ3v) is 5.32. The van der Waals surface area contributed by atoms with Gasteiger partial charge < -0.3 is 19.5 Å². The number of benzene rings is 3. The number of nitrogens with one attached hydrogen (secondary N) is 1. The molecule has 7 heteroatoms. The molecule has 0 saturated carbocycles. The Kier molecular flexibility index (Phi) is 7.97. The molecular formula is C23H22Cl3NO3. The standard InChI is InChI=1S/C23H22Cl3NO3/c1-3-29-22-10-16(13-27-18-6-8-19(28-2)9-7-18)21(26)12-23(22)30-14-15-4-5-17(24)11-20(15)25/h4-12,27H,3,13-14H2,1-2H3. The third kappa shape index (κ3) is 5.88. The van der Waals surface area contributed by atoms with Crippen molar-refractivity contribution in [1.82, 2.24) is 0 Å². The van der Waals surface area contributed by atoms with Gasteiger partial charge in [0.25, 0.3) is 0 Å². The van der Waals surface area contributed by atoms with Crippen molar-refractivity contribution in [3.05, 3.63) is 80.8 Å². The molecular weight excluding hydrogens is 445 g/mol. The average molecular weight is 467 g/mol. The Bertz CT molecular complexity index is 994. The molecule has 0 atom stereocenters. The highest BCUT2D eigenvalue weighted by molar-refractivity contribution is 6.35. The monoisotopic (exact) mass is 465 g/mol. The normalized spacial score (nSPS) is 10.6. The second-order valence-corrected chi connectivity index (χ2v) is 7.68. The number of hydrogen-bond donors (Lipinski definition) is 1. The summed E-state index contributed by atoms with van der Waals surface area (Å²) in [6, 6.07) is 16.6. The van der Waals surface area contributed by atoms with Crippen molar-refractivity contribution in [3.8, 4) is 17.2 Å². The first-order valence-corrected chi connectivity index (χ1v) is 10.5. The quantitative estimate of drug-likeness (QED) is 0.360. The van der Waals surface area contributed by atoms with Gasteiger partial charge in [-0.05, 0) is 55.0 Å². The summed E-state index contributed by atoms with van der Waals surface area (Å²) in [5.74, 6) is 1.99. The highest BCUT2D eigenvalue weighted by Crippen LogP contribution is 2.35. The zero-order valence-corrected chi connectivity index (χ0v) is 18.9. The molecule has 0 unspecified atom stereocenters. The highest BCUT2D eigenvalue weighted by Gasteiger charge is 2.13. The minimum absolute atomic E-state index is 0.274. The van der Waals surface area contributed by atoms with E-state index in [1.54, 1.807) is 25.3 Å². The maximum Gasteiger partial charge on any atom is 0.163 e. The van der Waals surface area contributed by atoms with E-state index in [1.165, 1.54) is 0 Å². The molecule has 3 aromatic carbocycles. The largest absolute Gasteiger partial charge is 0.497 e. The summed E-state index contributed by atoms with van der Waals surface area (Å²) in [5.41, 5.74) is 2.68. The van der Waals surface area contributed by atoms with Gasteiger partial charge in [-0.2, -0.15) is 0 Å². The molecule has 0 aliphatic carbocycles. The van der Waals surface area contributed by atoms with Crippen LogP contribution in [0.25, 0.3) is 0 Å². The zero-order valence-electron chi connectivity index (χ0n) is 16.7. The number of ether oxygens (including phenoxy) is 3. The van der Waals surface area contributed by atoms with E-state index in [0.717, 1.165) is 22.6 Å². The van der Waals surface area contributed by atoms with Crippen LogP contribution in [-0.4, -0.2) is 13.7 Å². The van der Waals surface area contributed by atoms with E-state index in [2.05, 4.69) is 5.32 Å². The van der Waals surface area contributed by atoms with Crippen LogP contribution in [0.4, 0.5) is 5.69 Å². The molecule has 4 nitrogen and oxygen atoms in total. The molecule has 0 heterocycles. The molecule has 0 fully saturated rings. The van der Waals surface area contributed by atoms with Gasteiger partial charge in [0.1, 0.15) is 12.4 Å². The fourth-order valence-corrected chi connectivity index (χ4v) is 3.48. The van der Waals surface area contributed by atoms with Gasteiger partial charge in [-0.3, -0.25) is 0 Å². The molecule has 1 N–H and O–H groups in total. The Morgan fingerprint density at radius 1 is 0.800 bits per heavy atom. The maximum atomic E-state index is 6.51. The van der Waals surface area contributed by atoms with Crippen LogP contribution >= 0.6 is 34.8 Å². The van der Waals surface area contributed by atoms with Crippen molar-refractivity contribution in [2.24, 2.45) is 0 Å². The van der Waals surface area contributed by atoms with Crippen LogP contribution in [0.5, 0.6) is 17.2 Å². The second-order valence-electron chi connectivity index (χ2n) is 6.43. The summed E-state index contributed by atoms with van der Waals surface area (Å²) in [7, 11) is 1.64. The van der Waals surface area contributed by atoms with E-state index >= 15 is 0 Å². The predicted molar refractivity (Wildman–Crippen MR) is 124 cm³/mol. The van der Waals surface area contributed by atoms with Crippen molar-refractivity contribution in [2.45, 2.75) is 20.1 Å². The van der Waals surface area contributed by atoms with Gasteiger partial charge in [0.2, 0.25) is 0 Å². The van der Waals surface area contributed by atoms with Crippen molar-refractivity contribution in [3.63, 3.8) is 0 Å². The molecule has 0 bridgehead atoms. The molecule has 0 spiro atoms. The van der Waals surface area contributed by atoms with Crippen LogP contribution < -0.4 is 19.5 Å². The van der Waals surface area contributed by atoms with Crippen molar-refractivity contribution >= 4 is 40.5 Å². The average Bonchev–Trinajstić information content (AvgIpc) is 2.74. The predicted octanol–water partition coefficient (Wildman–Crippen LogP) is 7.25. The van der Waals surface area contributed by atoms with E-state index in [4.69, 9.17) is 49.0 Å². The smallest absolute Gasteiger partial charge is 0.163 e. The molecule has 0 radical (unpaired) electrons. The summed E-state index contributed by atoms with van der Waals surface area (Å²) in [6.45, 7) is 3.24. The third-order valence-electron chi connectivity index (χ3n) is 4.38. The molecule has 3 aromatic rings. The van der Waals surface area contributed by atoms with Gasteiger partial charge in [0.05, 0.1) is 13.7 Å². The van der Waals surface area contributed by atoms with E-state index in [9.17, 15) is 0 Å². The molecule has 0 aliphatic rings. The molecule has 0 saturated heterocycles. The Morgan fingerprint density at radius 2 is 1.50 bits per heavy atom. The van der Waals surface area contributed by atoms with Crippen LogP contribution in [0, 0.1) is 0 Å². The minimum atomic E-state index is 0.274. The highest BCUT2D eigenvalue weighted by atomic mass is 35.5.